The smallest absolute Gasteiger partial charge is 0.0715 e. The molecule has 0 saturated carbocycles. The van der Waals surface area contributed by atoms with E-state index in [0.717, 1.165) is 13.1 Å². The van der Waals surface area contributed by atoms with Crippen molar-refractivity contribution in [2.24, 2.45) is 0 Å². The maximum atomic E-state index is 4.50. The highest BCUT2D eigenvalue weighted by molar-refractivity contribution is 8.00. The maximum absolute atomic E-state index is 4.50. The summed E-state index contributed by atoms with van der Waals surface area (Å²) in [5, 5.41) is 10.2. The summed E-state index contributed by atoms with van der Waals surface area (Å²) in [7, 11) is 0. The van der Waals surface area contributed by atoms with Crippen LogP contribution in [0.5, 0.6) is 0 Å². The molecule has 2 nitrogen and oxygen atoms in total. The molecule has 2 rings (SSSR count). The van der Waals surface area contributed by atoms with Gasteiger partial charge in [0.25, 0.3) is 0 Å². The molecule has 0 amide bonds. The molecular weight excluding hydrogens is 156 g/mol. The van der Waals surface area contributed by atoms with Crippen molar-refractivity contribution in [3.05, 3.63) is 0 Å². The summed E-state index contributed by atoms with van der Waals surface area (Å²) >= 11 is 1.98. The van der Waals surface area contributed by atoms with Crippen molar-refractivity contribution in [3.63, 3.8) is 0 Å². The van der Waals surface area contributed by atoms with Gasteiger partial charge in [0.15, 0.2) is 0 Å². The Kier molecular flexibility index (Phi) is 2.72. The molecule has 2 heterocycles. The zero-order valence-electron chi connectivity index (χ0n) is 6.70. The average molecular weight is 170 g/mol. The van der Waals surface area contributed by atoms with Crippen LogP contribution in [0.25, 0.3) is 0 Å². The van der Waals surface area contributed by atoms with Crippen molar-refractivity contribution >= 4 is 11.8 Å². The van der Waals surface area contributed by atoms with Gasteiger partial charge >= 0.3 is 0 Å². The zero-order valence-corrected chi connectivity index (χ0v) is 7.52. The lowest BCUT2D eigenvalue weighted by Gasteiger charge is -2.12. The second-order valence-electron chi connectivity index (χ2n) is 3.14. The molecule has 0 aromatic carbocycles. The summed E-state index contributed by atoms with van der Waals surface area (Å²) in [4.78, 5) is 0. The molecule has 0 aromatic heterocycles. The molecule has 2 radical (unpaired) electrons. The van der Waals surface area contributed by atoms with Crippen LogP contribution in [-0.2, 0) is 0 Å². The van der Waals surface area contributed by atoms with E-state index in [1.54, 1.807) is 0 Å². The van der Waals surface area contributed by atoms with Crippen LogP contribution in [0.3, 0.4) is 0 Å². The molecule has 62 valence electrons. The van der Waals surface area contributed by atoms with Gasteiger partial charge in [0, 0.05) is 13.1 Å². The third-order valence-corrected chi connectivity index (χ3v) is 3.60. The van der Waals surface area contributed by atoms with Crippen molar-refractivity contribution in [3.8, 4) is 0 Å². The van der Waals surface area contributed by atoms with E-state index in [1.807, 2.05) is 11.8 Å². The van der Waals surface area contributed by atoms with E-state index in [-0.39, 0.29) is 0 Å². The Morgan fingerprint density at radius 3 is 1.82 bits per heavy atom. The third-order valence-electron chi connectivity index (χ3n) is 2.20. The predicted octanol–water partition coefficient (Wildman–Crippen LogP) is 1.17. The van der Waals surface area contributed by atoms with Crippen molar-refractivity contribution in [2.45, 2.75) is 36.4 Å². The van der Waals surface area contributed by atoms with Crippen LogP contribution in [0.4, 0.5) is 0 Å². The van der Waals surface area contributed by atoms with Crippen molar-refractivity contribution in [2.75, 3.05) is 13.1 Å². The van der Waals surface area contributed by atoms with Crippen molar-refractivity contribution in [1.29, 1.82) is 0 Å². The molecule has 0 N–H and O–H groups in total. The summed E-state index contributed by atoms with van der Waals surface area (Å²) in [6.45, 7) is 2.18. The average Bonchev–Trinajstić information content (AvgIpc) is 2.60. The molecule has 2 unspecified atom stereocenters. The van der Waals surface area contributed by atoms with Gasteiger partial charge < -0.3 is 0 Å². The Morgan fingerprint density at radius 2 is 1.45 bits per heavy atom. The van der Waals surface area contributed by atoms with Crippen LogP contribution in [0.1, 0.15) is 25.7 Å². The van der Waals surface area contributed by atoms with E-state index in [0.29, 0.717) is 10.7 Å². The maximum Gasteiger partial charge on any atom is 0.0715 e. The summed E-state index contributed by atoms with van der Waals surface area (Å²) in [5.74, 6) is 0. The SMILES string of the molecule is C1C[N]C(SC2CCC[N]2)C1. The first-order chi connectivity index (χ1) is 5.45. The topological polar surface area (TPSA) is 28.2 Å². The largest absolute Gasteiger partial charge is 0.228 e. The zero-order chi connectivity index (χ0) is 7.52. The van der Waals surface area contributed by atoms with E-state index < -0.39 is 0 Å². The molecule has 0 aromatic rings. The molecule has 3 heteroatoms. The Balaban J connectivity index is 1.71. The minimum Gasteiger partial charge on any atom is -0.228 e. The fourth-order valence-electron chi connectivity index (χ4n) is 1.59. The molecule has 2 aliphatic heterocycles. The molecule has 0 aliphatic carbocycles. The Bertz CT molecular complexity index is 103. The Hall–Kier alpha value is 0.270. The van der Waals surface area contributed by atoms with E-state index in [1.165, 1.54) is 25.7 Å². The normalized spacial score (nSPS) is 38.2. The monoisotopic (exact) mass is 170 g/mol. The van der Waals surface area contributed by atoms with Crippen LogP contribution < -0.4 is 10.6 Å². The van der Waals surface area contributed by atoms with Gasteiger partial charge in [-0.3, -0.25) is 0 Å². The first kappa shape index (κ1) is 7.90. The van der Waals surface area contributed by atoms with Gasteiger partial charge in [0.1, 0.15) is 0 Å². The molecule has 2 fully saturated rings. The Labute approximate surface area is 72.5 Å². The van der Waals surface area contributed by atoms with Gasteiger partial charge in [0.2, 0.25) is 0 Å². The molecule has 0 spiro atoms. The van der Waals surface area contributed by atoms with E-state index in [2.05, 4.69) is 10.6 Å². The predicted molar refractivity (Wildman–Crippen MR) is 47.6 cm³/mol. The van der Waals surface area contributed by atoms with Crippen LogP contribution in [0.15, 0.2) is 0 Å². The summed E-state index contributed by atoms with van der Waals surface area (Å²) in [6, 6.07) is 0. The van der Waals surface area contributed by atoms with E-state index >= 15 is 0 Å². The first-order valence-corrected chi connectivity index (χ1v) is 5.38. The fraction of sp³-hybridized carbons (Fsp3) is 1.00. The highest BCUT2D eigenvalue weighted by Crippen LogP contribution is 2.28. The number of hydrogen-bond acceptors (Lipinski definition) is 1. The first-order valence-electron chi connectivity index (χ1n) is 4.44. The van der Waals surface area contributed by atoms with Crippen molar-refractivity contribution in [1.82, 2.24) is 10.6 Å². The minimum atomic E-state index is 0.585. The highest BCUT2D eigenvalue weighted by Gasteiger charge is 2.23. The van der Waals surface area contributed by atoms with E-state index in [4.69, 9.17) is 0 Å². The second-order valence-corrected chi connectivity index (χ2v) is 4.50. The molecule has 2 atom stereocenters. The minimum absolute atomic E-state index is 0.585. The van der Waals surface area contributed by atoms with E-state index in [9.17, 15) is 0 Å². The lowest BCUT2D eigenvalue weighted by atomic mass is 10.4. The highest BCUT2D eigenvalue weighted by atomic mass is 32.2. The lowest BCUT2D eigenvalue weighted by molar-refractivity contribution is 0.747. The number of rotatable bonds is 2. The fourth-order valence-corrected chi connectivity index (χ4v) is 2.94. The molecular formula is C8H14N2S. The van der Waals surface area contributed by atoms with Gasteiger partial charge in [-0.05, 0) is 25.7 Å². The van der Waals surface area contributed by atoms with Gasteiger partial charge in [-0.2, -0.15) is 0 Å². The lowest BCUT2D eigenvalue weighted by Crippen LogP contribution is -2.18. The molecule has 2 aliphatic rings. The number of hydrogen-bond donors (Lipinski definition) is 0. The quantitative estimate of drug-likeness (QED) is 0.611. The van der Waals surface area contributed by atoms with Crippen LogP contribution in [-0.4, -0.2) is 23.8 Å². The molecule has 2 saturated heterocycles. The van der Waals surface area contributed by atoms with Crippen LogP contribution >= 0.6 is 11.8 Å². The van der Waals surface area contributed by atoms with Gasteiger partial charge in [-0.25, -0.2) is 10.6 Å². The summed E-state index contributed by atoms with van der Waals surface area (Å²) < 4.78 is 0. The van der Waals surface area contributed by atoms with Gasteiger partial charge in [-0.1, -0.05) is 0 Å². The van der Waals surface area contributed by atoms with Crippen LogP contribution in [0.2, 0.25) is 0 Å². The van der Waals surface area contributed by atoms with Crippen LogP contribution in [0, 0.1) is 0 Å². The van der Waals surface area contributed by atoms with Gasteiger partial charge in [0.05, 0.1) is 10.7 Å². The second kappa shape index (κ2) is 3.78. The number of nitrogens with zero attached hydrogens (tertiary/aromatic N) is 2. The van der Waals surface area contributed by atoms with Crippen molar-refractivity contribution < 1.29 is 0 Å². The molecule has 11 heavy (non-hydrogen) atoms. The van der Waals surface area contributed by atoms with Gasteiger partial charge in [-0.15, -0.1) is 11.8 Å². The Morgan fingerprint density at radius 1 is 0.909 bits per heavy atom. The standard InChI is InChI=1S/C8H14N2S/c1-3-7(9-5-1)11-8-4-2-6-10-8/h7-8H,1-6H2. The summed E-state index contributed by atoms with van der Waals surface area (Å²) in [5.41, 5.74) is 0. The third kappa shape index (κ3) is 2.10. The summed E-state index contributed by atoms with van der Waals surface area (Å²) in [6.07, 6.45) is 5.17. The molecule has 0 bridgehead atoms. The number of thioether (sulfide) groups is 1.